The molecule has 0 aliphatic rings. The summed E-state index contributed by atoms with van der Waals surface area (Å²) in [6.07, 6.45) is 0. The van der Waals surface area contributed by atoms with Crippen LogP contribution < -0.4 is 24.8 Å². The first kappa shape index (κ1) is 23.2. The van der Waals surface area contributed by atoms with Gasteiger partial charge in [0.1, 0.15) is 0 Å². The maximum atomic E-state index is 4.71. The molecular formula is C5H14CaCl2NOP. The van der Waals surface area contributed by atoms with Crippen LogP contribution >= 0.6 is 9.47 Å². The number of quaternary nitrogens is 1. The normalized spacial score (nSPS) is 8.73. The second-order valence-electron chi connectivity index (χ2n) is 2.86. The van der Waals surface area contributed by atoms with Crippen molar-refractivity contribution in [2.45, 2.75) is 0 Å². The minimum atomic E-state index is 0. The van der Waals surface area contributed by atoms with Crippen molar-refractivity contribution in [3.63, 3.8) is 0 Å². The van der Waals surface area contributed by atoms with E-state index in [2.05, 4.69) is 30.6 Å². The van der Waals surface area contributed by atoms with E-state index in [4.69, 9.17) is 4.52 Å². The fraction of sp³-hybridized carbons (Fsp3) is 1.00. The first-order valence-corrected chi connectivity index (χ1v) is 3.06. The van der Waals surface area contributed by atoms with E-state index in [0.29, 0.717) is 0 Å². The Morgan fingerprint density at radius 2 is 1.55 bits per heavy atom. The molecule has 0 N–H and O–H groups in total. The van der Waals surface area contributed by atoms with Gasteiger partial charge >= 0.3 is 37.7 Å². The van der Waals surface area contributed by atoms with Crippen LogP contribution in [0.1, 0.15) is 0 Å². The summed E-state index contributed by atoms with van der Waals surface area (Å²) in [7, 11) is 9.33. The molecule has 0 saturated heterocycles. The Bertz CT molecular complexity index is 72.0. The van der Waals surface area contributed by atoms with E-state index in [-0.39, 0.29) is 62.6 Å². The van der Waals surface area contributed by atoms with Crippen molar-refractivity contribution in [1.29, 1.82) is 0 Å². The zero-order chi connectivity index (χ0) is 6.62. The summed E-state index contributed by atoms with van der Waals surface area (Å²) in [4.78, 5) is 0. The van der Waals surface area contributed by atoms with Crippen molar-refractivity contribution in [2.75, 3.05) is 34.3 Å². The monoisotopic (exact) mass is 245 g/mol. The standard InChI is InChI=1S/C5H14NOP.Ca.2ClH/c1-6(2,3)4-5-7-8;;;/h8H,4-5H2,1-3H3;;2*1H/q;+2;;/p-2. The molecule has 0 aromatic heterocycles. The van der Waals surface area contributed by atoms with Gasteiger partial charge in [-0.2, -0.15) is 0 Å². The molecule has 0 bridgehead atoms. The number of hydrogen-bond donors (Lipinski definition) is 0. The molecule has 66 valence electrons. The first-order valence-electron chi connectivity index (χ1n) is 2.65. The number of hydrogen-bond acceptors (Lipinski definition) is 1. The van der Waals surface area contributed by atoms with Crippen LogP contribution in [0, 0.1) is 0 Å². The minimum Gasteiger partial charge on any atom is -1.00 e. The van der Waals surface area contributed by atoms with E-state index in [1.54, 1.807) is 0 Å². The first-order chi connectivity index (χ1) is 3.56. The molecule has 2 nitrogen and oxygen atoms in total. The average Bonchev–Trinajstić information content (AvgIpc) is 1.59. The molecule has 0 heterocycles. The van der Waals surface area contributed by atoms with Crippen LogP contribution in [0.25, 0.3) is 0 Å². The van der Waals surface area contributed by atoms with Crippen molar-refractivity contribution < 1.29 is 33.8 Å². The van der Waals surface area contributed by atoms with Crippen LogP contribution in [-0.2, 0) is 4.52 Å². The molecule has 0 saturated carbocycles. The summed E-state index contributed by atoms with van der Waals surface area (Å²) in [6, 6.07) is 0. The van der Waals surface area contributed by atoms with E-state index in [1.807, 2.05) is 0 Å². The van der Waals surface area contributed by atoms with Crippen LogP contribution in [0.15, 0.2) is 0 Å². The third-order valence-electron chi connectivity index (χ3n) is 0.864. The zero-order valence-electron chi connectivity index (χ0n) is 7.23. The summed E-state index contributed by atoms with van der Waals surface area (Å²) in [6.45, 7) is 1.80. The van der Waals surface area contributed by atoms with Crippen LogP contribution in [-0.4, -0.2) is 76.5 Å². The van der Waals surface area contributed by atoms with E-state index in [1.165, 1.54) is 0 Å². The topological polar surface area (TPSA) is 9.23 Å². The Morgan fingerprint density at radius 1 is 1.18 bits per heavy atom. The van der Waals surface area contributed by atoms with Gasteiger partial charge in [-0.05, 0) is 0 Å². The number of nitrogens with zero attached hydrogens (tertiary/aromatic N) is 1. The second kappa shape index (κ2) is 12.2. The summed E-state index contributed by atoms with van der Waals surface area (Å²) in [5.41, 5.74) is 0. The van der Waals surface area contributed by atoms with Gasteiger partial charge in [0.25, 0.3) is 0 Å². The van der Waals surface area contributed by atoms with Gasteiger partial charge in [0.2, 0.25) is 0 Å². The Hall–Kier alpha value is 2.19. The summed E-state index contributed by atoms with van der Waals surface area (Å²) in [5.74, 6) is 0. The number of halogens is 2. The fourth-order valence-electron chi connectivity index (χ4n) is 0.320. The van der Waals surface area contributed by atoms with Gasteiger partial charge in [0.15, 0.2) is 0 Å². The Morgan fingerprint density at radius 3 is 1.64 bits per heavy atom. The minimum absolute atomic E-state index is 0. The molecule has 0 aliphatic heterocycles. The van der Waals surface area contributed by atoms with Crippen LogP contribution in [0.5, 0.6) is 0 Å². The maximum absolute atomic E-state index is 4.71. The van der Waals surface area contributed by atoms with Gasteiger partial charge in [0.05, 0.1) is 34.3 Å². The SMILES string of the molecule is C[N+](C)(C)CCO[PH-].[Ca+2].[Cl-].[Cl-]. The third-order valence-corrected chi connectivity index (χ3v) is 1.07. The molecule has 0 spiro atoms. The second-order valence-corrected chi connectivity index (χ2v) is 3.15. The van der Waals surface area contributed by atoms with Gasteiger partial charge in [-0.1, -0.05) is 0 Å². The molecule has 0 aliphatic carbocycles. The molecule has 0 unspecified atom stereocenters. The Kier molecular flexibility index (Phi) is 25.7. The van der Waals surface area contributed by atoms with Gasteiger partial charge < -0.3 is 43.3 Å². The molecule has 0 aromatic carbocycles. The van der Waals surface area contributed by atoms with Crippen molar-refractivity contribution in [2.24, 2.45) is 0 Å². The summed E-state index contributed by atoms with van der Waals surface area (Å²) in [5, 5.41) is 0. The van der Waals surface area contributed by atoms with E-state index in [9.17, 15) is 0 Å². The van der Waals surface area contributed by atoms with Gasteiger partial charge in [-0.25, -0.2) is 0 Å². The molecule has 0 fully saturated rings. The molecule has 0 rings (SSSR count). The molecule has 0 amide bonds. The number of likely N-dealkylation sites (N-methyl/N-ethyl adjacent to an activating group) is 1. The molecule has 6 heteroatoms. The van der Waals surface area contributed by atoms with Crippen molar-refractivity contribution in [1.82, 2.24) is 0 Å². The van der Waals surface area contributed by atoms with Gasteiger partial charge in [-0.15, -0.1) is 0 Å². The van der Waals surface area contributed by atoms with Gasteiger partial charge in [-0.3, -0.25) is 0 Å². The van der Waals surface area contributed by atoms with Crippen molar-refractivity contribution >= 4 is 47.2 Å². The summed E-state index contributed by atoms with van der Waals surface area (Å²) < 4.78 is 5.66. The third kappa shape index (κ3) is 24.5. The van der Waals surface area contributed by atoms with E-state index in [0.717, 1.165) is 17.6 Å². The largest absolute Gasteiger partial charge is 2.00 e. The molecular weight excluding hydrogens is 232 g/mol. The van der Waals surface area contributed by atoms with E-state index < -0.39 is 0 Å². The zero-order valence-corrected chi connectivity index (χ0v) is 12.0. The maximum Gasteiger partial charge on any atom is 2.00 e. The average molecular weight is 246 g/mol. The smallest absolute Gasteiger partial charge is 1.00 e. The van der Waals surface area contributed by atoms with Crippen LogP contribution in [0.3, 0.4) is 0 Å². The van der Waals surface area contributed by atoms with Crippen LogP contribution in [0.4, 0.5) is 0 Å². The van der Waals surface area contributed by atoms with Crippen molar-refractivity contribution in [3.8, 4) is 0 Å². The van der Waals surface area contributed by atoms with E-state index >= 15 is 0 Å². The predicted octanol–water partition coefficient (Wildman–Crippen LogP) is -5.61. The van der Waals surface area contributed by atoms with Crippen LogP contribution in [0.2, 0.25) is 0 Å². The number of rotatable bonds is 3. The predicted molar refractivity (Wildman–Crippen MR) is 42.9 cm³/mol. The molecule has 0 radical (unpaired) electrons. The summed E-state index contributed by atoms with van der Waals surface area (Å²) >= 11 is 0. The molecule has 0 aromatic rings. The Balaban J connectivity index is -0.0000000817. The Labute approximate surface area is 114 Å². The van der Waals surface area contributed by atoms with Gasteiger partial charge in [0, 0.05) is 0 Å². The molecule has 0 atom stereocenters. The molecule has 11 heavy (non-hydrogen) atoms. The quantitative estimate of drug-likeness (QED) is 0.274. The van der Waals surface area contributed by atoms with Crippen molar-refractivity contribution in [3.05, 3.63) is 0 Å². The fourth-order valence-corrected chi connectivity index (χ4v) is 0.411.